The van der Waals surface area contributed by atoms with Crippen molar-refractivity contribution < 1.29 is 24.5 Å². The number of benzene rings is 1. The van der Waals surface area contributed by atoms with E-state index in [-0.39, 0.29) is 17.4 Å². The maximum absolute atomic E-state index is 10.6. The van der Waals surface area contributed by atoms with Crippen LogP contribution in [0.1, 0.15) is 10.4 Å². The number of hydrogen-bond donors (Lipinski definition) is 2. The lowest BCUT2D eigenvalue weighted by atomic mass is 10.2. The molecule has 1 atom stereocenters. The van der Waals surface area contributed by atoms with Gasteiger partial charge in [0.15, 0.2) is 0 Å². The maximum atomic E-state index is 10.6. The molecule has 0 aromatic heterocycles. The highest BCUT2D eigenvalue weighted by atomic mass is 16.6. The van der Waals surface area contributed by atoms with E-state index in [4.69, 9.17) is 14.6 Å². The van der Waals surface area contributed by atoms with Crippen LogP contribution in [0, 0.1) is 0 Å². The zero-order valence-electron chi connectivity index (χ0n) is 7.84. The van der Waals surface area contributed by atoms with Gasteiger partial charge in [-0.15, -0.1) is 0 Å². The van der Waals surface area contributed by atoms with E-state index in [9.17, 15) is 9.90 Å². The summed E-state index contributed by atoms with van der Waals surface area (Å²) in [5.41, 5.74) is -0.134. The molecule has 2 N–H and O–H groups in total. The highest BCUT2D eigenvalue weighted by molar-refractivity contribution is 5.90. The lowest BCUT2D eigenvalue weighted by Crippen LogP contribution is -2.04. The van der Waals surface area contributed by atoms with Crippen LogP contribution in [0.15, 0.2) is 18.2 Å². The van der Waals surface area contributed by atoms with Crippen molar-refractivity contribution in [2.45, 2.75) is 6.10 Å². The van der Waals surface area contributed by atoms with Gasteiger partial charge in [0.05, 0.1) is 6.61 Å². The van der Waals surface area contributed by atoms with Crippen LogP contribution in [-0.4, -0.2) is 35.5 Å². The first-order valence-electron chi connectivity index (χ1n) is 4.47. The molecule has 1 aliphatic heterocycles. The first-order chi connectivity index (χ1) is 7.16. The van der Waals surface area contributed by atoms with Crippen molar-refractivity contribution in [3.8, 4) is 11.5 Å². The van der Waals surface area contributed by atoms with Crippen molar-refractivity contribution in [1.29, 1.82) is 0 Å². The fourth-order valence-electron chi connectivity index (χ4n) is 1.14. The Labute approximate surface area is 85.9 Å². The minimum atomic E-state index is -1.16. The van der Waals surface area contributed by atoms with Gasteiger partial charge in [-0.25, -0.2) is 4.79 Å². The number of carboxylic acids is 1. The van der Waals surface area contributed by atoms with Crippen molar-refractivity contribution in [2.75, 3.05) is 13.2 Å². The number of epoxide rings is 1. The Morgan fingerprint density at radius 3 is 2.87 bits per heavy atom. The van der Waals surface area contributed by atoms with Gasteiger partial charge in [-0.2, -0.15) is 0 Å². The Kier molecular flexibility index (Phi) is 2.47. The fourth-order valence-corrected chi connectivity index (χ4v) is 1.14. The summed E-state index contributed by atoms with van der Waals surface area (Å²) in [7, 11) is 0. The predicted molar refractivity (Wildman–Crippen MR) is 50.3 cm³/mol. The first kappa shape index (κ1) is 9.79. The molecule has 1 heterocycles. The molecule has 0 saturated carbocycles. The van der Waals surface area contributed by atoms with Gasteiger partial charge >= 0.3 is 5.97 Å². The van der Waals surface area contributed by atoms with Gasteiger partial charge in [-0.3, -0.25) is 0 Å². The zero-order valence-corrected chi connectivity index (χ0v) is 7.84. The van der Waals surface area contributed by atoms with Gasteiger partial charge in [0.25, 0.3) is 0 Å². The molecule has 0 spiro atoms. The highest BCUT2D eigenvalue weighted by Crippen LogP contribution is 2.24. The van der Waals surface area contributed by atoms with Gasteiger partial charge in [-0.05, 0) is 12.1 Å². The Morgan fingerprint density at radius 1 is 1.60 bits per heavy atom. The van der Waals surface area contributed by atoms with Crippen LogP contribution in [0.25, 0.3) is 0 Å². The van der Waals surface area contributed by atoms with Crippen molar-refractivity contribution >= 4 is 5.97 Å². The van der Waals surface area contributed by atoms with Gasteiger partial charge in [0.1, 0.15) is 29.8 Å². The smallest absolute Gasteiger partial charge is 0.339 e. The van der Waals surface area contributed by atoms with Crippen LogP contribution < -0.4 is 4.74 Å². The second-order valence-corrected chi connectivity index (χ2v) is 3.25. The maximum Gasteiger partial charge on any atom is 0.339 e. The average Bonchev–Trinajstić information content (AvgIpc) is 2.97. The van der Waals surface area contributed by atoms with Crippen LogP contribution >= 0.6 is 0 Å². The standard InChI is InChI=1S/C10H10O5/c11-9-3-6(14-4-7-5-15-7)1-2-8(9)10(12)13/h1-3,7,11H,4-5H2,(H,12,13). The zero-order chi connectivity index (χ0) is 10.8. The van der Waals surface area contributed by atoms with Gasteiger partial charge < -0.3 is 19.7 Å². The first-order valence-corrected chi connectivity index (χ1v) is 4.47. The monoisotopic (exact) mass is 210 g/mol. The summed E-state index contributed by atoms with van der Waals surface area (Å²) in [6.07, 6.45) is 0.131. The Hall–Kier alpha value is -1.75. The molecule has 1 aliphatic rings. The molecule has 0 aliphatic carbocycles. The minimum absolute atomic E-state index is 0.131. The second kappa shape index (κ2) is 3.78. The largest absolute Gasteiger partial charge is 0.507 e. The van der Waals surface area contributed by atoms with E-state index >= 15 is 0 Å². The van der Waals surface area contributed by atoms with Crippen LogP contribution in [0.2, 0.25) is 0 Å². The van der Waals surface area contributed by atoms with Crippen LogP contribution in [0.3, 0.4) is 0 Å². The van der Waals surface area contributed by atoms with E-state index in [1.165, 1.54) is 18.2 Å². The van der Waals surface area contributed by atoms with Crippen molar-refractivity contribution in [3.05, 3.63) is 23.8 Å². The van der Waals surface area contributed by atoms with Crippen molar-refractivity contribution in [3.63, 3.8) is 0 Å². The summed E-state index contributed by atoms with van der Waals surface area (Å²) in [6.45, 7) is 1.12. The summed E-state index contributed by atoms with van der Waals surface area (Å²) in [4.78, 5) is 10.6. The van der Waals surface area contributed by atoms with E-state index in [1.54, 1.807) is 0 Å². The summed E-state index contributed by atoms with van der Waals surface area (Å²) in [5.74, 6) is -1.02. The fraction of sp³-hybridized carbons (Fsp3) is 0.300. The van der Waals surface area contributed by atoms with Gasteiger partial charge in [0.2, 0.25) is 0 Å². The quantitative estimate of drug-likeness (QED) is 0.721. The third-order valence-electron chi connectivity index (χ3n) is 2.04. The summed E-state index contributed by atoms with van der Waals surface area (Å²) in [6, 6.07) is 4.10. The summed E-state index contributed by atoms with van der Waals surface area (Å²) in [5, 5.41) is 18.0. The topological polar surface area (TPSA) is 79.3 Å². The molecule has 1 aromatic rings. The normalized spacial score (nSPS) is 18.5. The number of carbonyl (C=O) groups is 1. The number of rotatable bonds is 4. The second-order valence-electron chi connectivity index (χ2n) is 3.25. The highest BCUT2D eigenvalue weighted by Gasteiger charge is 2.23. The third-order valence-corrected chi connectivity index (χ3v) is 2.04. The number of phenols is 1. The molecule has 1 fully saturated rings. The van der Waals surface area contributed by atoms with Crippen LogP contribution in [0.4, 0.5) is 0 Å². The predicted octanol–water partition coefficient (Wildman–Crippen LogP) is 0.868. The molecule has 1 unspecified atom stereocenters. The Balaban J connectivity index is 2.06. The third kappa shape index (κ3) is 2.38. The minimum Gasteiger partial charge on any atom is -0.507 e. The number of ether oxygens (including phenoxy) is 2. The number of aromatic hydroxyl groups is 1. The van der Waals surface area contributed by atoms with E-state index < -0.39 is 5.97 Å². The number of carboxylic acid groups (broad SMARTS) is 1. The molecule has 0 amide bonds. The number of hydrogen-bond acceptors (Lipinski definition) is 4. The Bertz CT molecular complexity index is 383. The molecular weight excluding hydrogens is 200 g/mol. The molecule has 80 valence electrons. The molecular formula is C10H10O5. The van der Waals surface area contributed by atoms with Gasteiger partial charge in [-0.1, -0.05) is 0 Å². The van der Waals surface area contributed by atoms with E-state index in [2.05, 4.69) is 0 Å². The molecule has 1 aromatic carbocycles. The molecule has 5 nitrogen and oxygen atoms in total. The molecule has 0 radical (unpaired) electrons. The van der Waals surface area contributed by atoms with Gasteiger partial charge in [0, 0.05) is 6.07 Å². The summed E-state index contributed by atoms with van der Waals surface area (Å²) >= 11 is 0. The molecule has 2 rings (SSSR count). The molecule has 1 saturated heterocycles. The summed E-state index contributed by atoms with van der Waals surface area (Å²) < 4.78 is 10.2. The molecule has 15 heavy (non-hydrogen) atoms. The van der Waals surface area contributed by atoms with E-state index in [0.29, 0.717) is 19.0 Å². The van der Waals surface area contributed by atoms with Crippen LogP contribution in [-0.2, 0) is 4.74 Å². The molecule has 0 bridgehead atoms. The van der Waals surface area contributed by atoms with E-state index in [0.717, 1.165) is 0 Å². The van der Waals surface area contributed by atoms with Crippen molar-refractivity contribution in [1.82, 2.24) is 0 Å². The lowest BCUT2D eigenvalue weighted by Gasteiger charge is -2.05. The molecule has 5 heteroatoms. The lowest BCUT2D eigenvalue weighted by molar-refractivity contribution is 0.0693. The Morgan fingerprint density at radius 2 is 2.33 bits per heavy atom. The average molecular weight is 210 g/mol. The van der Waals surface area contributed by atoms with Crippen LogP contribution in [0.5, 0.6) is 11.5 Å². The number of aromatic carboxylic acids is 1. The van der Waals surface area contributed by atoms with Crippen molar-refractivity contribution in [2.24, 2.45) is 0 Å². The van der Waals surface area contributed by atoms with E-state index in [1.807, 2.05) is 0 Å². The SMILES string of the molecule is O=C(O)c1ccc(OCC2CO2)cc1O.